The van der Waals surface area contributed by atoms with E-state index in [9.17, 15) is 9.59 Å². The Morgan fingerprint density at radius 3 is 2.55 bits per heavy atom. The van der Waals surface area contributed by atoms with Gasteiger partial charge >= 0.3 is 5.97 Å². The van der Waals surface area contributed by atoms with Crippen molar-refractivity contribution in [1.29, 1.82) is 0 Å². The second-order valence-electron chi connectivity index (χ2n) is 6.93. The Morgan fingerprint density at radius 2 is 1.83 bits per heavy atom. The lowest BCUT2D eigenvalue weighted by Crippen LogP contribution is -2.25. The summed E-state index contributed by atoms with van der Waals surface area (Å²) in [5.74, 6) is 0.159. The third-order valence-corrected chi connectivity index (χ3v) is 4.91. The van der Waals surface area contributed by atoms with E-state index in [4.69, 9.17) is 5.11 Å². The summed E-state index contributed by atoms with van der Waals surface area (Å²) in [4.78, 5) is 39.4. The van der Waals surface area contributed by atoms with Crippen LogP contribution in [0.5, 0.6) is 0 Å². The summed E-state index contributed by atoms with van der Waals surface area (Å²) in [5, 5.41) is 9.49. The predicted octanol–water partition coefficient (Wildman–Crippen LogP) is 2.43. The van der Waals surface area contributed by atoms with Crippen LogP contribution in [0.1, 0.15) is 30.7 Å². The third-order valence-electron chi connectivity index (χ3n) is 4.91. The van der Waals surface area contributed by atoms with E-state index in [2.05, 4.69) is 19.9 Å². The van der Waals surface area contributed by atoms with E-state index < -0.39 is 5.97 Å². The molecule has 1 fully saturated rings. The van der Waals surface area contributed by atoms with Crippen molar-refractivity contribution < 1.29 is 9.90 Å². The van der Waals surface area contributed by atoms with Crippen LogP contribution in [0.2, 0.25) is 0 Å². The highest BCUT2D eigenvalue weighted by atomic mass is 16.4. The number of aromatic nitrogens is 4. The van der Waals surface area contributed by atoms with Gasteiger partial charge in [0.05, 0.1) is 17.3 Å². The minimum Gasteiger partial charge on any atom is -0.481 e. The maximum atomic E-state index is 12.8. The number of hydrogen-bond acceptors (Lipinski definition) is 6. The molecule has 29 heavy (non-hydrogen) atoms. The van der Waals surface area contributed by atoms with Crippen molar-refractivity contribution in [3.05, 3.63) is 58.4 Å². The van der Waals surface area contributed by atoms with E-state index in [1.165, 1.54) is 4.57 Å². The topological polar surface area (TPSA) is 101 Å². The van der Waals surface area contributed by atoms with Gasteiger partial charge in [0, 0.05) is 37.6 Å². The van der Waals surface area contributed by atoms with Crippen LogP contribution in [0.3, 0.4) is 0 Å². The van der Waals surface area contributed by atoms with Crippen molar-refractivity contribution in [3.8, 4) is 0 Å². The molecule has 0 spiro atoms. The quantitative estimate of drug-likeness (QED) is 0.689. The molecule has 1 aliphatic heterocycles. The number of nitrogens with zero attached hydrogens (tertiary/aromatic N) is 5. The van der Waals surface area contributed by atoms with Crippen molar-refractivity contribution in [2.24, 2.45) is 0 Å². The summed E-state index contributed by atoms with van der Waals surface area (Å²) in [5.41, 5.74) is 1.10. The first kappa shape index (κ1) is 18.8. The molecule has 1 saturated heterocycles. The number of para-hydroxylation sites is 1. The number of carboxylic acid groups (broad SMARTS) is 1. The molecule has 3 aromatic rings. The van der Waals surface area contributed by atoms with Gasteiger partial charge in [0.25, 0.3) is 5.56 Å². The number of carbonyl (C=O) groups is 1. The fraction of sp³-hybridized carbons (Fsp3) is 0.286. The smallest absolute Gasteiger partial charge is 0.305 e. The minimum atomic E-state index is -0.967. The number of fused-ring (bicyclic) bond motifs is 1. The summed E-state index contributed by atoms with van der Waals surface area (Å²) in [6.45, 7) is 2.01. The lowest BCUT2D eigenvalue weighted by molar-refractivity contribution is -0.137. The highest BCUT2D eigenvalue weighted by Crippen LogP contribution is 2.16. The van der Waals surface area contributed by atoms with Gasteiger partial charge in [-0.05, 0) is 37.1 Å². The summed E-state index contributed by atoms with van der Waals surface area (Å²) in [6, 6.07) is 7.04. The zero-order valence-corrected chi connectivity index (χ0v) is 15.9. The van der Waals surface area contributed by atoms with Gasteiger partial charge in [0.2, 0.25) is 5.95 Å². The molecule has 0 radical (unpaired) electrons. The first-order chi connectivity index (χ1) is 14.1. The van der Waals surface area contributed by atoms with Crippen LogP contribution in [-0.2, 0) is 11.3 Å². The zero-order chi connectivity index (χ0) is 20.2. The monoisotopic (exact) mass is 391 g/mol. The number of aliphatic carboxylic acids is 1. The molecular formula is C21H21N5O3. The molecule has 8 nitrogen and oxygen atoms in total. The molecule has 4 rings (SSSR count). The SMILES string of the molecule is O=C(O)CCn1c(C=Cc2cnc(N3CCCC3)nc2)nc2ccccc2c1=O. The predicted molar refractivity (Wildman–Crippen MR) is 111 cm³/mol. The molecule has 8 heteroatoms. The molecule has 2 aromatic heterocycles. The second kappa shape index (κ2) is 8.22. The molecular weight excluding hydrogens is 370 g/mol. The molecule has 0 unspecified atom stereocenters. The average Bonchev–Trinajstić information content (AvgIpc) is 3.27. The molecule has 0 amide bonds. The molecule has 0 aliphatic carbocycles. The number of rotatable bonds is 6. The van der Waals surface area contributed by atoms with Crippen LogP contribution in [0.25, 0.3) is 23.1 Å². The number of hydrogen-bond donors (Lipinski definition) is 1. The summed E-state index contributed by atoms with van der Waals surface area (Å²) in [7, 11) is 0. The number of anilines is 1. The van der Waals surface area contributed by atoms with Gasteiger partial charge in [-0.25, -0.2) is 15.0 Å². The molecule has 148 valence electrons. The molecule has 1 aliphatic rings. The molecule has 1 aromatic carbocycles. The largest absolute Gasteiger partial charge is 0.481 e. The van der Waals surface area contributed by atoms with E-state index >= 15 is 0 Å². The fourth-order valence-corrected chi connectivity index (χ4v) is 3.40. The van der Waals surface area contributed by atoms with Crippen molar-refractivity contribution in [2.45, 2.75) is 25.8 Å². The zero-order valence-electron chi connectivity index (χ0n) is 15.9. The highest BCUT2D eigenvalue weighted by molar-refractivity contribution is 5.79. The van der Waals surface area contributed by atoms with E-state index in [0.29, 0.717) is 16.7 Å². The van der Waals surface area contributed by atoms with Gasteiger partial charge in [-0.15, -0.1) is 0 Å². The van der Waals surface area contributed by atoms with Crippen molar-refractivity contribution in [2.75, 3.05) is 18.0 Å². The van der Waals surface area contributed by atoms with Crippen LogP contribution in [0, 0.1) is 0 Å². The van der Waals surface area contributed by atoms with E-state index in [-0.39, 0.29) is 18.5 Å². The van der Waals surface area contributed by atoms with Crippen molar-refractivity contribution in [3.63, 3.8) is 0 Å². The van der Waals surface area contributed by atoms with Crippen LogP contribution in [0.4, 0.5) is 5.95 Å². The third kappa shape index (κ3) is 4.16. The molecule has 0 atom stereocenters. The summed E-state index contributed by atoms with van der Waals surface area (Å²) < 4.78 is 1.40. The fourth-order valence-electron chi connectivity index (χ4n) is 3.40. The van der Waals surface area contributed by atoms with Crippen molar-refractivity contribution >= 4 is 35.0 Å². The van der Waals surface area contributed by atoms with Crippen LogP contribution in [0.15, 0.2) is 41.5 Å². The summed E-state index contributed by atoms with van der Waals surface area (Å²) in [6.07, 6.45) is 9.11. The van der Waals surface area contributed by atoms with E-state index in [0.717, 1.165) is 37.4 Å². The Balaban J connectivity index is 1.65. The maximum absolute atomic E-state index is 12.8. The first-order valence-corrected chi connectivity index (χ1v) is 9.58. The molecule has 3 heterocycles. The van der Waals surface area contributed by atoms with Gasteiger partial charge in [-0.3, -0.25) is 14.2 Å². The normalized spacial score (nSPS) is 14.1. The highest BCUT2D eigenvalue weighted by Gasteiger charge is 2.14. The maximum Gasteiger partial charge on any atom is 0.305 e. The van der Waals surface area contributed by atoms with E-state index in [1.807, 2.05) is 6.07 Å². The number of benzene rings is 1. The first-order valence-electron chi connectivity index (χ1n) is 9.58. The van der Waals surface area contributed by atoms with Gasteiger partial charge < -0.3 is 10.0 Å². The molecule has 0 bridgehead atoms. The van der Waals surface area contributed by atoms with Crippen LogP contribution < -0.4 is 10.5 Å². The Kier molecular flexibility index (Phi) is 5.33. The van der Waals surface area contributed by atoms with Gasteiger partial charge in [0.15, 0.2) is 0 Å². The lowest BCUT2D eigenvalue weighted by Gasteiger charge is -2.14. The Bertz CT molecular complexity index is 1120. The van der Waals surface area contributed by atoms with Gasteiger partial charge in [-0.2, -0.15) is 0 Å². The second-order valence-corrected chi connectivity index (χ2v) is 6.93. The average molecular weight is 391 g/mol. The molecule has 0 saturated carbocycles. The lowest BCUT2D eigenvalue weighted by atomic mass is 10.2. The van der Waals surface area contributed by atoms with Crippen LogP contribution >= 0.6 is 0 Å². The Labute approximate surface area is 167 Å². The van der Waals surface area contributed by atoms with Gasteiger partial charge in [0.1, 0.15) is 5.82 Å². The Morgan fingerprint density at radius 1 is 1.10 bits per heavy atom. The number of carboxylic acids is 1. The Hall–Kier alpha value is -3.55. The van der Waals surface area contributed by atoms with E-state index in [1.54, 1.807) is 42.7 Å². The van der Waals surface area contributed by atoms with Crippen molar-refractivity contribution in [1.82, 2.24) is 19.5 Å². The minimum absolute atomic E-state index is 0.0517. The van der Waals surface area contributed by atoms with Gasteiger partial charge in [-0.1, -0.05) is 12.1 Å². The van der Waals surface area contributed by atoms with Crippen LogP contribution in [-0.4, -0.2) is 43.7 Å². The standard InChI is InChI=1S/C21H21N5O3/c27-19(28)9-12-26-18(24-17-6-2-1-5-16(17)20(26)29)8-7-15-13-22-21(23-14-15)25-10-3-4-11-25/h1-2,5-8,13-14H,3-4,9-12H2,(H,27,28). The molecule has 1 N–H and O–H groups in total. The summed E-state index contributed by atoms with van der Waals surface area (Å²) >= 11 is 0.